The fourth-order valence-electron chi connectivity index (χ4n) is 1.23. The van der Waals surface area contributed by atoms with E-state index in [9.17, 15) is 9.59 Å². The highest BCUT2D eigenvalue weighted by atomic mass is 32.1. The van der Waals surface area contributed by atoms with Gasteiger partial charge < -0.3 is 20.8 Å². The summed E-state index contributed by atoms with van der Waals surface area (Å²) in [5.74, 6) is -1.37. The zero-order valence-electron chi connectivity index (χ0n) is 9.79. The van der Waals surface area contributed by atoms with E-state index >= 15 is 0 Å². The summed E-state index contributed by atoms with van der Waals surface area (Å²) in [7, 11) is 0. The summed E-state index contributed by atoms with van der Waals surface area (Å²) in [4.78, 5) is 25.9. The van der Waals surface area contributed by atoms with Gasteiger partial charge in [0, 0.05) is 11.6 Å². The van der Waals surface area contributed by atoms with Crippen LogP contribution in [0.25, 0.3) is 0 Å². The number of carboxylic acid groups (broad SMARTS) is 1. The van der Waals surface area contributed by atoms with Crippen molar-refractivity contribution in [3.8, 4) is 0 Å². The number of carbonyl (C=O) groups excluding carboxylic acids is 1. The van der Waals surface area contributed by atoms with Gasteiger partial charge in [-0.15, -0.1) is 11.3 Å². The van der Waals surface area contributed by atoms with Crippen LogP contribution >= 0.6 is 11.3 Å². The van der Waals surface area contributed by atoms with Gasteiger partial charge in [0.2, 0.25) is 0 Å². The number of carbonyl (C=O) groups is 2. The lowest BCUT2D eigenvalue weighted by molar-refractivity contribution is -0.146. The Morgan fingerprint density at radius 2 is 2.28 bits per heavy atom. The first-order valence-electron chi connectivity index (χ1n) is 5.39. The van der Waals surface area contributed by atoms with Crippen molar-refractivity contribution in [2.24, 2.45) is 0 Å². The van der Waals surface area contributed by atoms with Gasteiger partial charge in [-0.1, -0.05) is 6.92 Å². The summed E-state index contributed by atoms with van der Waals surface area (Å²) in [6.45, 7) is 1.56. The van der Waals surface area contributed by atoms with E-state index in [1.54, 1.807) is 6.20 Å². The van der Waals surface area contributed by atoms with Crippen LogP contribution in [0.15, 0.2) is 11.6 Å². The van der Waals surface area contributed by atoms with Crippen molar-refractivity contribution >= 4 is 23.3 Å². The Bertz CT molecular complexity index is 396. The van der Waals surface area contributed by atoms with Crippen LogP contribution < -0.4 is 10.6 Å². The molecule has 1 aromatic rings. The molecule has 8 heteroatoms. The average molecular weight is 273 g/mol. The van der Waals surface area contributed by atoms with E-state index in [1.807, 2.05) is 12.3 Å². The summed E-state index contributed by atoms with van der Waals surface area (Å²) in [5.41, 5.74) is 0. The van der Waals surface area contributed by atoms with Crippen LogP contribution in [-0.4, -0.2) is 39.8 Å². The predicted octanol–water partition coefficient (Wildman–Crippen LogP) is 0.339. The number of aliphatic hydroxyl groups excluding tert-OH is 1. The second kappa shape index (κ2) is 6.92. The number of urea groups is 1. The normalized spacial score (nSPS) is 13.7. The number of hydrogen-bond acceptors (Lipinski definition) is 5. The number of aromatic nitrogens is 1. The summed E-state index contributed by atoms with van der Waals surface area (Å²) < 4.78 is 0. The molecule has 0 saturated heterocycles. The van der Waals surface area contributed by atoms with Gasteiger partial charge in [0.1, 0.15) is 5.01 Å². The van der Waals surface area contributed by atoms with Gasteiger partial charge in [-0.2, -0.15) is 0 Å². The molecule has 18 heavy (non-hydrogen) atoms. The van der Waals surface area contributed by atoms with Gasteiger partial charge in [-0.3, -0.25) is 0 Å². The Hall–Kier alpha value is -1.67. The first kappa shape index (κ1) is 14.4. The Morgan fingerprint density at radius 1 is 1.56 bits per heavy atom. The molecule has 0 spiro atoms. The lowest BCUT2D eigenvalue weighted by atomic mass is 10.2. The molecule has 0 aliphatic heterocycles. The van der Waals surface area contributed by atoms with Crippen molar-refractivity contribution in [3.05, 3.63) is 16.6 Å². The molecule has 0 radical (unpaired) electrons. The zero-order chi connectivity index (χ0) is 13.5. The molecule has 1 aromatic heterocycles. The highest BCUT2D eigenvalue weighted by molar-refractivity contribution is 7.09. The molecule has 100 valence electrons. The maximum Gasteiger partial charge on any atom is 0.334 e. The van der Waals surface area contributed by atoms with Crippen LogP contribution in [0.4, 0.5) is 4.79 Å². The number of amides is 2. The van der Waals surface area contributed by atoms with Gasteiger partial charge in [0.25, 0.3) is 0 Å². The van der Waals surface area contributed by atoms with E-state index in [0.29, 0.717) is 6.42 Å². The number of nitrogens with one attached hydrogen (secondary N) is 2. The molecular formula is C10H15N3O4S. The molecule has 0 bridgehead atoms. The molecule has 0 aliphatic carbocycles. The fraction of sp³-hybridized carbons (Fsp3) is 0.500. The minimum Gasteiger partial charge on any atom is -0.479 e. The third kappa shape index (κ3) is 4.30. The summed E-state index contributed by atoms with van der Waals surface area (Å²) in [6, 6.07) is -0.746. The molecule has 1 rings (SSSR count). The zero-order valence-corrected chi connectivity index (χ0v) is 10.6. The molecular weight excluding hydrogens is 258 g/mol. The second-order valence-electron chi connectivity index (χ2n) is 3.54. The standard InChI is InChI=1S/C10H15N3O4S/c1-2-6(8-11-3-4-18-8)13-10(17)12-5-7(14)9(15)16/h3-4,6-7,14H,2,5H2,1H3,(H,15,16)(H2,12,13,17). The second-order valence-corrected chi connectivity index (χ2v) is 4.47. The molecule has 0 aromatic carbocycles. The van der Waals surface area contributed by atoms with Crippen molar-refractivity contribution in [1.29, 1.82) is 0 Å². The minimum absolute atomic E-state index is 0.216. The highest BCUT2D eigenvalue weighted by Gasteiger charge is 2.17. The largest absolute Gasteiger partial charge is 0.479 e. The lowest BCUT2D eigenvalue weighted by Gasteiger charge is -2.15. The van der Waals surface area contributed by atoms with Gasteiger partial charge >= 0.3 is 12.0 Å². The molecule has 0 saturated carbocycles. The minimum atomic E-state index is -1.60. The number of aliphatic carboxylic acids is 1. The fourth-order valence-corrected chi connectivity index (χ4v) is 2.00. The van der Waals surface area contributed by atoms with Crippen molar-refractivity contribution in [1.82, 2.24) is 15.6 Å². The van der Waals surface area contributed by atoms with E-state index in [-0.39, 0.29) is 12.6 Å². The van der Waals surface area contributed by atoms with Gasteiger partial charge in [-0.25, -0.2) is 14.6 Å². The molecule has 2 unspecified atom stereocenters. The van der Waals surface area contributed by atoms with E-state index in [4.69, 9.17) is 10.2 Å². The third-order valence-electron chi connectivity index (χ3n) is 2.20. The average Bonchev–Trinajstić information content (AvgIpc) is 2.86. The maximum absolute atomic E-state index is 11.5. The molecule has 2 atom stereocenters. The number of thiazole rings is 1. The van der Waals surface area contributed by atoms with Crippen LogP contribution in [0, 0.1) is 0 Å². The van der Waals surface area contributed by atoms with Crippen LogP contribution in [0.5, 0.6) is 0 Å². The first-order valence-corrected chi connectivity index (χ1v) is 6.27. The summed E-state index contributed by atoms with van der Waals surface area (Å²) in [6.07, 6.45) is 0.717. The molecule has 1 heterocycles. The SMILES string of the molecule is CCC(NC(=O)NCC(O)C(=O)O)c1nccs1. The number of carboxylic acids is 1. The lowest BCUT2D eigenvalue weighted by Crippen LogP contribution is -2.43. The summed E-state index contributed by atoms with van der Waals surface area (Å²) >= 11 is 1.43. The topological polar surface area (TPSA) is 112 Å². The summed E-state index contributed by atoms with van der Waals surface area (Å²) in [5, 5.41) is 25.0. The van der Waals surface area contributed by atoms with E-state index in [0.717, 1.165) is 5.01 Å². The van der Waals surface area contributed by atoms with E-state index in [2.05, 4.69) is 15.6 Å². The van der Waals surface area contributed by atoms with Gasteiger partial charge in [0.15, 0.2) is 6.10 Å². The van der Waals surface area contributed by atoms with Crippen LogP contribution in [0.2, 0.25) is 0 Å². The smallest absolute Gasteiger partial charge is 0.334 e. The van der Waals surface area contributed by atoms with Crippen molar-refractivity contribution in [2.75, 3.05) is 6.54 Å². The monoisotopic (exact) mass is 273 g/mol. The molecule has 7 nitrogen and oxygen atoms in total. The van der Waals surface area contributed by atoms with Gasteiger partial charge in [-0.05, 0) is 6.42 Å². The molecule has 0 fully saturated rings. The van der Waals surface area contributed by atoms with Gasteiger partial charge in [0.05, 0.1) is 12.6 Å². The number of aliphatic hydroxyl groups is 1. The highest BCUT2D eigenvalue weighted by Crippen LogP contribution is 2.18. The van der Waals surface area contributed by atoms with Crippen LogP contribution in [0.3, 0.4) is 0 Å². The number of hydrogen-bond donors (Lipinski definition) is 4. The Balaban J connectivity index is 2.41. The Morgan fingerprint density at radius 3 is 2.78 bits per heavy atom. The van der Waals surface area contributed by atoms with Crippen molar-refractivity contribution in [2.45, 2.75) is 25.5 Å². The molecule has 0 aliphatic rings. The molecule has 2 amide bonds. The maximum atomic E-state index is 11.5. The number of rotatable bonds is 6. The Labute approximate surface area is 108 Å². The van der Waals surface area contributed by atoms with Crippen molar-refractivity contribution < 1.29 is 19.8 Å². The molecule has 4 N–H and O–H groups in total. The quantitative estimate of drug-likeness (QED) is 0.597. The number of nitrogens with zero attached hydrogens (tertiary/aromatic N) is 1. The van der Waals surface area contributed by atoms with Crippen molar-refractivity contribution in [3.63, 3.8) is 0 Å². The van der Waals surface area contributed by atoms with Crippen LogP contribution in [0.1, 0.15) is 24.4 Å². The van der Waals surface area contributed by atoms with E-state index in [1.165, 1.54) is 11.3 Å². The Kier molecular flexibility index (Phi) is 5.53. The first-order chi connectivity index (χ1) is 8.54. The predicted molar refractivity (Wildman–Crippen MR) is 65.3 cm³/mol. The third-order valence-corrected chi connectivity index (χ3v) is 3.09. The van der Waals surface area contributed by atoms with E-state index < -0.39 is 18.1 Å². The van der Waals surface area contributed by atoms with Crippen LogP contribution in [-0.2, 0) is 4.79 Å².